The summed E-state index contributed by atoms with van der Waals surface area (Å²) in [7, 11) is 0. The van der Waals surface area contributed by atoms with Gasteiger partial charge in [-0.25, -0.2) is 0 Å². The molecular weight excluding hydrogens is 276 g/mol. The molecule has 0 spiro atoms. The quantitative estimate of drug-likeness (QED) is 0.863. The van der Waals surface area contributed by atoms with E-state index in [0.29, 0.717) is 12.5 Å². The summed E-state index contributed by atoms with van der Waals surface area (Å²) in [5.74, 6) is -0.505. The zero-order valence-electron chi connectivity index (χ0n) is 11.1. The summed E-state index contributed by atoms with van der Waals surface area (Å²) in [5.41, 5.74) is 0. The number of carboxylic acid groups (broad SMARTS) is 1. The molecule has 2 aliphatic rings. The number of nitrogens with one attached hydrogen (secondary N) is 1. The minimum absolute atomic E-state index is 0.125. The molecule has 6 heteroatoms. The van der Waals surface area contributed by atoms with Crippen molar-refractivity contribution in [1.29, 1.82) is 0 Å². The number of hydrogen-bond acceptors (Lipinski definition) is 4. The summed E-state index contributed by atoms with van der Waals surface area (Å²) in [4.78, 5) is 26.4. The molecule has 0 aromatic carbocycles. The number of carbonyl (C=O) groups excluding carboxylic acids is 1. The van der Waals surface area contributed by atoms with E-state index in [-0.39, 0.29) is 18.4 Å². The van der Waals surface area contributed by atoms with Crippen LogP contribution in [-0.4, -0.2) is 41.0 Å². The van der Waals surface area contributed by atoms with Crippen LogP contribution in [0.3, 0.4) is 0 Å². The molecule has 0 bridgehead atoms. The van der Waals surface area contributed by atoms with Crippen molar-refractivity contribution in [2.75, 3.05) is 13.1 Å². The van der Waals surface area contributed by atoms with Crippen LogP contribution in [0.2, 0.25) is 0 Å². The second kappa shape index (κ2) is 5.54. The van der Waals surface area contributed by atoms with Crippen LogP contribution in [0.4, 0.5) is 0 Å². The third kappa shape index (κ3) is 2.71. The first kappa shape index (κ1) is 13.6. The van der Waals surface area contributed by atoms with E-state index >= 15 is 0 Å². The van der Waals surface area contributed by atoms with Gasteiger partial charge in [-0.15, -0.1) is 11.3 Å². The highest BCUT2D eigenvalue weighted by Gasteiger charge is 2.43. The molecule has 0 radical (unpaired) electrons. The van der Waals surface area contributed by atoms with Gasteiger partial charge in [0.1, 0.15) is 6.04 Å². The molecule has 1 saturated carbocycles. The minimum Gasteiger partial charge on any atom is -0.481 e. The third-order valence-corrected chi connectivity index (χ3v) is 4.94. The fraction of sp³-hybridized carbons (Fsp3) is 0.571. The Kier molecular flexibility index (Phi) is 3.76. The van der Waals surface area contributed by atoms with Gasteiger partial charge in [0.25, 0.3) is 0 Å². The molecule has 1 saturated heterocycles. The molecule has 108 valence electrons. The first-order valence-electron chi connectivity index (χ1n) is 6.95. The van der Waals surface area contributed by atoms with Crippen LogP contribution in [0.5, 0.6) is 0 Å². The number of aliphatic carboxylic acids is 1. The maximum absolute atomic E-state index is 12.0. The van der Waals surface area contributed by atoms with Crippen molar-refractivity contribution in [2.24, 2.45) is 5.92 Å². The molecule has 1 aliphatic heterocycles. The van der Waals surface area contributed by atoms with Crippen LogP contribution in [0.15, 0.2) is 17.5 Å². The minimum atomic E-state index is -0.919. The largest absolute Gasteiger partial charge is 0.481 e. The molecule has 2 N–H and O–H groups in total. The van der Waals surface area contributed by atoms with Gasteiger partial charge in [-0.05, 0) is 30.2 Å². The highest BCUT2D eigenvalue weighted by atomic mass is 32.1. The number of carbonyl (C=O) groups is 2. The van der Waals surface area contributed by atoms with Crippen molar-refractivity contribution in [2.45, 2.75) is 31.3 Å². The Balaban J connectivity index is 1.87. The van der Waals surface area contributed by atoms with Gasteiger partial charge in [-0.1, -0.05) is 6.07 Å². The zero-order chi connectivity index (χ0) is 14.1. The highest BCUT2D eigenvalue weighted by molar-refractivity contribution is 7.10. The number of amides is 1. The zero-order valence-corrected chi connectivity index (χ0v) is 11.9. The van der Waals surface area contributed by atoms with Crippen LogP contribution in [0, 0.1) is 5.92 Å². The van der Waals surface area contributed by atoms with Gasteiger partial charge in [0.2, 0.25) is 5.91 Å². The topological polar surface area (TPSA) is 69.6 Å². The summed E-state index contributed by atoms with van der Waals surface area (Å²) >= 11 is 1.69. The van der Waals surface area contributed by atoms with Gasteiger partial charge in [-0.2, -0.15) is 0 Å². The maximum atomic E-state index is 12.0. The molecule has 2 unspecified atom stereocenters. The monoisotopic (exact) mass is 294 g/mol. The normalized spacial score (nSPS) is 25.2. The Labute approximate surface area is 121 Å². The molecule has 2 fully saturated rings. The Morgan fingerprint density at radius 1 is 1.55 bits per heavy atom. The van der Waals surface area contributed by atoms with E-state index in [2.05, 4.69) is 16.3 Å². The van der Waals surface area contributed by atoms with Gasteiger partial charge >= 0.3 is 5.97 Å². The van der Waals surface area contributed by atoms with Gasteiger partial charge in [0.05, 0.1) is 6.42 Å². The lowest BCUT2D eigenvalue weighted by Crippen LogP contribution is -2.57. The molecule has 5 nitrogen and oxygen atoms in total. The summed E-state index contributed by atoms with van der Waals surface area (Å²) in [6, 6.07) is 3.77. The van der Waals surface area contributed by atoms with Gasteiger partial charge < -0.3 is 10.4 Å². The molecule has 2 atom stereocenters. The molecule has 1 aromatic heterocycles. The first-order chi connectivity index (χ1) is 9.66. The van der Waals surface area contributed by atoms with E-state index in [0.717, 1.165) is 6.54 Å². The van der Waals surface area contributed by atoms with E-state index < -0.39 is 12.0 Å². The Morgan fingerprint density at radius 3 is 2.95 bits per heavy atom. The second-order valence-corrected chi connectivity index (χ2v) is 6.42. The van der Waals surface area contributed by atoms with Crippen molar-refractivity contribution >= 4 is 23.2 Å². The number of hydrogen-bond donors (Lipinski definition) is 2. The predicted molar refractivity (Wildman–Crippen MR) is 75.5 cm³/mol. The first-order valence-corrected chi connectivity index (χ1v) is 7.83. The predicted octanol–water partition coefficient (Wildman–Crippen LogP) is 1.47. The maximum Gasteiger partial charge on any atom is 0.305 e. The number of rotatable bonds is 5. The van der Waals surface area contributed by atoms with E-state index in [1.54, 1.807) is 11.3 Å². The molecule has 1 aliphatic carbocycles. The average molecular weight is 294 g/mol. The molecule has 2 heterocycles. The van der Waals surface area contributed by atoms with E-state index in [4.69, 9.17) is 5.11 Å². The Morgan fingerprint density at radius 2 is 2.35 bits per heavy atom. The fourth-order valence-electron chi connectivity index (χ4n) is 2.98. The van der Waals surface area contributed by atoms with Crippen LogP contribution >= 0.6 is 11.3 Å². The van der Waals surface area contributed by atoms with Gasteiger partial charge in [-0.3, -0.25) is 14.5 Å². The van der Waals surface area contributed by atoms with Crippen molar-refractivity contribution in [3.63, 3.8) is 0 Å². The lowest BCUT2D eigenvalue weighted by atomic mass is 10.0. The SMILES string of the molecule is O=C(O)CC1C(=O)NCCN1C(c1cccs1)C1CC1. The fourth-order valence-corrected chi connectivity index (χ4v) is 3.92. The van der Waals surface area contributed by atoms with Crippen molar-refractivity contribution < 1.29 is 14.7 Å². The number of piperazine rings is 1. The summed E-state index contributed by atoms with van der Waals surface area (Å²) in [6.07, 6.45) is 2.21. The van der Waals surface area contributed by atoms with Crippen LogP contribution < -0.4 is 5.32 Å². The van der Waals surface area contributed by atoms with Gasteiger partial charge in [0.15, 0.2) is 0 Å². The summed E-state index contributed by atoms with van der Waals surface area (Å²) in [5, 5.41) is 13.9. The second-order valence-electron chi connectivity index (χ2n) is 5.44. The Bertz CT molecular complexity index is 499. The smallest absolute Gasteiger partial charge is 0.305 e. The van der Waals surface area contributed by atoms with E-state index in [1.807, 2.05) is 11.4 Å². The van der Waals surface area contributed by atoms with Crippen molar-refractivity contribution in [3.8, 4) is 0 Å². The highest BCUT2D eigenvalue weighted by Crippen LogP contribution is 2.47. The Hall–Kier alpha value is -1.40. The average Bonchev–Trinajstić information content (AvgIpc) is 3.08. The standard InChI is InChI=1S/C14H18N2O3S/c17-12(18)8-10-14(19)15-5-6-16(10)13(9-3-4-9)11-2-1-7-20-11/h1-2,7,9-10,13H,3-6,8H2,(H,15,19)(H,17,18). The lowest BCUT2D eigenvalue weighted by molar-refractivity contribution is -0.144. The number of nitrogens with zero attached hydrogens (tertiary/aromatic N) is 1. The molecular formula is C14H18N2O3S. The van der Waals surface area contributed by atoms with Crippen LogP contribution in [0.25, 0.3) is 0 Å². The van der Waals surface area contributed by atoms with Crippen molar-refractivity contribution in [1.82, 2.24) is 10.2 Å². The number of carboxylic acids is 1. The van der Waals surface area contributed by atoms with Gasteiger partial charge in [0, 0.05) is 24.0 Å². The molecule has 20 heavy (non-hydrogen) atoms. The lowest BCUT2D eigenvalue weighted by Gasteiger charge is -2.39. The summed E-state index contributed by atoms with van der Waals surface area (Å²) in [6.45, 7) is 1.33. The number of thiophene rings is 1. The third-order valence-electron chi connectivity index (χ3n) is 4.00. The van der Waals surface area contributed by atoms with Crippen molar-refractivity contribution in [3.05, 3.63) is 22.4 Å². The van der Waals surface area contributed by atoms with Crippen LogP contribution in [0.1, 0.15) is 30.2 Å². The molecule has 1 amide bonds. The van der Waals surface area contributed by atoms with E-state index in [1.165, 1.54) is 17.7 Å². The molecule has 1 aromatic rings. The van der Waals surface area contributed by atoms with E-state index in [9.17, 15) is 9.59 Å². The van der Waals surface area contributed by atoms with Crippen LogP contribution in [-0.2, 0) is 9.59 Å². The summed E-state index contributed by atoms with van der Waals surface area (Å²) < 4.78 is 0. The molecule has 3 rings (SSSR count).